The second-order valence-corrected chi connectivity index (χ2v) is 11.5. The molecule has 1 aliphatic carbocycles. The lowest BCUT2D eigenvalue weighted by molar-refractivity contribution is -0.120. The smallest absolute Gasteiger partial charge is 0.246 e. The van der Waals surface area contributed by atoms with E-state index in [4.69, 9.17) is 9.47 Å². The van der Waals surface area contributed by atoms with Crippen LogP contribution in [0, 0.1) is 5.82 Å². The number of hydrogen-bond donors (Lipinski definition) is 3. The highest BCUT2D eigenvalue weighted by molar-refractivity contribution is 5.95. The molecule has 2 heterocycles. The second-order valence-electron chi connectivity index (χ2n) is 11.5. The Hall–Kier alpha value is -2.94. The van der Waals surface area contributed by atoms with Crippen molar-refractivity contribution in [2.45, 2.75) is 76.2 Å². The van der Waals surface area contributed by atoms with Gasteiger partial charge < -0.3 is 29.4 Å². The molecule has 1 atom stereocenters. The van der Waals surface area contributed by atoms with Gasteiger partial charge in [0.15, 0.2) is 11.5 Å². The summed E-state index contributed by atoms with van der Waals surface area (Å²) in [5, 5.41) is 30.1. The number of aliphatic hydroxyl groups excluding tert-OH is 3. The Morgan fingerprint density at radius 1 is 1.11 bits per heavy atom. The molecule has 0 unspecified atom stereocenters. The molecule has 37 heavy (non-hydrogen) atoms. The first-order valence-electron chi connectivity index (χ1n) is 12.7. The summed E-state index contributed by atoms with van der Waals surface area (Å²) in [7, 11) is 0. The van der Waals surface area contributed by atoms with Gasteiger partial charge >= 0.3 is 0 Å². The van der Waals surface area contributed by atoms with Crippen LogP contribution in [0.25, 0.3) is 10.9 Å². The van der Waals surface area contributed by atoms with Crippen LogP contribution < -0.4 is 9.47 Å². The van der Waals surface area contributed by atoms with E-state index in [2.05, 4.69) is 0 Å². The third kappa shape index (κ3) is 4.51. The number of aliphatic hydroxyl groups is 3. The van der Waals surface area contributed by atoms with E-state index in [0.29, 0.717) is 46.5 Å². The largest absolute Gasteiger partial charge is 0.449 e. The van der Waals surface area contributed by atoms with Crippen LogP contribution in [0.1, 0.15) is 57.4 Å². The van der Waals surface area contributed by atoms with E-state index in [1.54, 1.807) is 10.6 Å². The topological polar surface area (TPSA) is 101 Å². The summed E-state index contributed by atoms with van der Waals surface area (Å²) >= 11 is 0. The molecule has 0 saturated heterocycles. The van der Waals surface area contributed by atoms with Crippen molar-refractivity contribution < 1.29 is 34.0 Å². The number of Topliss-reactive ketones (excluding diaryl/α,β-unsaturated/α-hetero) is 1. The number of benzene rings is 2. The summed E-state index contributed by atoms with van der Waals surface area (Å²) in [6, 6.07) is 10.5. The van der Waals surface area contributed by atoms with Crippen molar-refractivity contribution in [3.05, 3.63) is 59.0 Å². The minimum Gasteiger partial charge on any atom is -0.449 e. The summed E-state index contributed by atoms with van der Waals surface area (Å²) < 4.78 is 28.7. The Morgan fingerprint density at radius 2 is 1.81 bits per heavy atom. The highest BCUT2D eigenvalue weighted by atomic mass is 19.1. The SMILES string of the molecule is CC1(C)Oc2ccc(C3(C(=O)Cc4cc5cc(C(C)(C)CO)n(C[C@@H](O)CO)c5cc4F)CC3)cc2O1. The van der Waals surface area contributed by atoms with E-state index in [1.807, 2.05) is 52.0 Å². The number of rotatable bonds is 9. The molecule has 7 nitrogen and oxygen atoms in total. The number of ether oxygens (including phenoxy) is 2. The van der Waals surface area contributed by atoms with Crippen molar-refractivity contribution in [1.29, 1.82) is 0 Å². The van der Waals surface area contributed by atoms with Gasteiger partial charge in [-0.3, -0.25) is 4.79 Å². The van der Waals surface area contributed by atoms with Crippen LogP contribution in [-0.4, -0.2) is 50.8 Å². The summed E-state index contributed by atoms with van der Waals surface area (Å²) in [6.45, 7) is 6.83. The van der Waals surface area contributed by atoms with Gasteiger partial charge in [-0.1, -0.05) is 19.9 Å². The maximum atomic E-state index is 15.4. The molecule has 3 N–H and O–H groups in total. The number of ketones is 1. The van der Waals surface area contributed by atoms with Crippen LogP contribution in [0.4, 0.5) is 4.39 Å². The van der Waals surface area contributed by atoms with Crippen molar-refractivity contribution in [3.63, 3.8) is 0 Å². The number of carbonyl (C=O) groups excluding carboxylic acids is 1. The van der Waals surface area contributed by atoms with Gasteiger partial charge in [0.05, 0.1) is 36.8 Å². The van der Waals surface area contributed by atoms with Gasteiger partial charge in [-0.25, -0.2) is 4.39 Å². The van der Waals surface area contributed by atoms with Crippen molar-refractivity contribution in [2.24, 2.45) is 0 Å². The van der Waals surface area contributed by atoms with Crippen LogP contribution in [0.2, 0.25) is 0 Å². The van der Waals surface area contributed by atoms with E-state index in [0.717, 1.165) is 5.56 Å². The van der Waals surface area contributed by atoms with Crippen molar-refractivity contribution in [2.75, 3.05) is 13.2 Å². The number of nitrogens with zero attached hydrogens (tertiary/aromatic N) is 1. The molecule has 1 aromatic heterocycles. The van der Waals surface area contributed by atoms with Crippen molar-refractivity contribution in [1.82, 2.24) is 4.57 Å². The van der Waals surface area contributed by atoms with Crippen LogP contribution in [-0.2, 0) is 28.6 Å². The normalized spacial score (nSPS) is 18.3. The molecule has 198 valence electrons. The molecular weight excluding hydrogens is 477 g/mol. The molecular formula is C29H34FNO6. The fourth-order valence-corrected chi connectivity index (χ4v) is 5.29. The van der Waals surface area contributed by atoms with E-state index in [-0.39, 0.29) is 25.4 Å². The van der Waals surface area contributed by atoms with Crippen LogP contribution in [0.15, 0.2) is 36.4 Å². The molecule has 1 saturated carbocycles. The number of aromatic nitrogens is 1. The quantitative estimate of drug-likeness (QED) is 0.405. The van der Waals surface area contributed by atoms with Gasteiger partial charge in [0, 0.05) is 36.8 Å². The first-order chi connectivity index (χ1) is 17.4. The number of halogens is 1. The minimum absolute atomic E-state index is 0.0464. The van der Waals surface area contributed by atoms with E-state index in [9.17, 15) is 20.1 Å². The van der Waals surface area contributed by atoms with Crippen molar-refractivity contribution >= 4 is 16.7 Å². The Balaban J connectivity index is 1.46. The molecule has 0 spiro atoms. The zero-order valence-electron chi connectivity index (χ0n) is 21.7. The summed E-state index contributed by atoms with van der Waals surface area (Å²) in [4.78, 5) is 13.5. The number of carbonyl (C=O) groups is 1. The zero-order chi connectivity index (χ0) is 26.8. The van der Waals surface area contributed by atoms with E-state index in [1.165, 1.54) is 6.07 Å². The molecule has 8 heteroatoms. The standard InChI is InChI=1S/C29H34FNO6/c1-27(2,16-33)25-10-18-9-17(21(30)13-22(18)31(25)14-20(34)15-32)11-26(35)29(7-8-29)19-5-6-23-24(12-19)37-28(3,4)36-23/h5-6,9-10,12-13,20,32-34H,7-8,11,14-16H2,1-4H3/t20-/m1/s1. The van der Waals surface area contributed by atoms with Gasteiger partial charge in [0.25, 0.3) is 0 Å². The molecule has 5 rings (SSSR count). The first-order valence-corrected chi connectivity index (χ1v) is 12.7. The third-order valence-corrected chi connectivity index (χ3v) is 7.60. The molecule has 3 aromatic rings. The van der Waals surface area contributed by atoms with E-state index < -0.39 is 35.1 Å². The zero-order valence-corrected chi connectivity index (χ0v) is 21.7. The lowest BCUT2D eigenvalue weighted by atomic mass is 9.87. The molecule has 2 aromatic carbocycles. The predicted molar refractivity (Wildman–Crippen MR) is 137 cm³/mol. The molecule has 0 radical (unpaired) electrons. The summed E-state index contributed by atoms with van der Waals surface area (Å²) in [5.41, 5.74) is 1.09. The van der Waals surface area contributed by atoms with Gasteiger partial charge in [-0.05, 0) is 54.3 Å². The van der Waals surface area contributed by atoms with Gasteiger partial charge in [0.1, 0.15) is 11.6 Å². The Morgan fingerprint density at radius 3 is 2.46 bits per heavy atom. The Bertz CT molecular complexity index is 1370. The monoisotopic (exact) mass is 511 g/mol. The molecule has 0 bridgehead atoms. The average Bonchev–Trinajstić information content (AvgIpc) is 3.50. The number of fused-ring (bicyclic) bond motifs is 2. The minimum atomic E-state index is -1.03. The van der Waals surface area contributed by atoms with Gasteiger partial charge in [0.2, 0.25) is 5.79 Å². The molecule has 1 aliphatic heterocycles. The van der Waals surface area contributed by atoms with E-state index >= 15 is 4.39 Å². The van der Waals surface area contributed by atoms with Crippen LogP contribution in [0.5, 0.6) is 11.5 Å². The summed E-state index contributed by atoms with van der Waals surface area (Å²) in [6.07, 6.45) is 0.312. The second kappa shape index (κ2) is 8.82. The molecule has 0 amide bonds. The first kappa shape index (κ1) is 25.7. The fourth-order valence-electron chi connectivity index (χ4n) is 5.29. The molecule has 1 fully saturated rings. The Kier molecular flexibility index (Phi) is 6.13. The highest BCUT2D eigenvalue weighted by Crippen LogP contribution is 2.52. The van der Waals surface area contributed by atoms with Gasteiger partial charge in [-0.15, -0.1) is 0 Å². The van der Waals surface area contributed by atoms with Crippen LogP contribution >= 0.6 is 0 Å². The third-order valence-electron chi connectivity index (χ3n) is 7.60. The summed E-state index contributed by atoms with van der Waals surface area (Å²) in [5.74, 6) is -0.0523. The maximum absolute atomic E-state index is 15.4. The van der Waals surface area contributed by atoms with Gasteiger partial charge in [-0.2, -0.15) is 0 Å². The molecule has 2 aliphatic rings. The highest BCUT2D eigenvalue weighted by Gasteiger charge is 2.51. The lowest BCUT2D eigenvalue weighted by Crippen LogP contribution is -2.29. The average molecular weight is 512 g/mol. The fraction of sp³-hybridized carbons (Fsp3) is 0.483. The predicted octanol–water partition coefficient (Wildman–Crippen LogP) is 3.75. The van der Waals surface area contributed by atoms with Crippen molar-refractivity contribution in [3.8, 4) is 11.5 Å². The maximum Gasteiger partial charge on any atom is 0.246 e. The van der Waals surface area contributed by atoms with Crippen LogP contribution in [0.3, 0.4) is 0 Å². The lowest BCUT2D eigenvalue weighted by Gasteiger charge is -2.25. The number of hydrogen-bond acceptors (Lipinski definition) is 6. The Labute approximate surface area is 215 Å².